The molecular weight excluding hydrogens is 191 g/mol. The highest BCUT2D eigenvalue weighted by molar-refractivity contribution is 6.29. The van der Waals surface area contributed by atoms with Crippen molar-refractivity contribution in [3.05, 3.63) is 24.6 Å². The first-order valence-electron chi connectivity index (χ1n) is 3.92. The lowest BCUT2D eigenvalue weighted by Crippen LogP contribution is -2.20. The quantitative estimate of drug-likeness (QED) is 0.389. The molecule has 0 fully saturated rings. The van der Waals surface area contributed by atoms with Gasteiger partial charge in [-0.1, -0.05) is 6.58 Å². The largest absolute Gasteiger partial charge is 0.458 e. The lowest BCUT2D eigenvalue weighted by molar-refractivity contribution is -0.166. The second-order valence-corrected chi connectivity index (χ2v) is 2.17. The van der Waals surface area contributed by atoms with Crippen molar-refractivity contribution in [1.82, 2.24) is 0 Å². The monoisotopic (exact) mass is 202 g/mol. The summed E-state index contributed by atoms with van der Waals surface area (Å²) in [5.74, 6) is -2.81. The Hall–Kier alpha value is -1.65. The molecule has 0 heterocycles. The van der Waals surface area contributed by atoms with Crippen molar-refractivity contribution in [1.29, 1.82) is 0 Å². The number of carbonyl (C=O) groups excluding carboxylic acids is 2. The van der Waals surface area contributed by atoms with E-state index in [2.05, 4.69) is 16.1 Å². The molecule has 0 aliphatic carbocycles. The highest BCUT2D eigenvalue weighted by Crippen LogP contribution is 1.93. The maximum Gasteiger partial charge on any atom is 0.417 e. The predicted molar refractivity (Wildman–Crippen MR) is 47.0 cm³/mol. The van der Waals surface area contributed by atoms with Gasteiger partial charge >= 0.3 is 11.9 Å². The van der Waals surface area contributed by atoms with Crippen molar-refractivity contribution in [3.8, 4) is 0 Å². The summed E-state index contributed by atoms with van der Waals surface area (Å²) in [4.78, 5) is 21.4. The molecule has 0 aromatic rings. The average Bonchev–Trinajstić information content (AvgIpc) is 2.12. The molecule has 0 saturated carbocycles. The Balaban J connectivity index is 3.74. The predicted octanol–water partition coefficient (Wildman–Crippen LogP) is 1.13. The van der Waals surface area contributed by atoms with Gasteiger partial charge in [-0.3, -0.25) is 0 Å². The zero-order valence-electron chi connectivity index (χ0n) is 7.79. The van der Waals surface area contributed by atoms with Crippen LogP contribution in [0.1, 0.15) is 6.92 Å². The van der Waals surface area contributed by atoms with Crippen LogP contribution in [0.2, 0.25) is 0 Å². The lowest BCUT2D eigenvalue weighted by Gasteiger charge is -2.00. The summed E-state index contributed by atoms with van der Waals surface area (Å²) in [6, 6.07) is 0. The molecule has 0 amide bonds. The molecule has 0 N–H and O–H groups in total. The number of carbonyl (C=O) groups is 2. The highest BCUT2D eigenvalue weighted by Gasteiger charge is 2.15. The molecule has 4 nitrogen and oxygen atoms in total. The molecule has 0 atom stereocenters. The summed E-state index contributed by atoms with van der Waals surface area (Å²) in [6.07, 6.45) is 2.25. The van der Waals surface area contributed by atoms with E-state index in [4.69, 9.17) is 0 Å². The molecule has 14 heavy (non-hydrogen) atoms. The molecule has 0 aromatic heterocycles. The molecule has 0 unspecified atom stereocenters. The van der Waals surface area contributed by atoms with Crippen LogP contribution in [0.5, 0.6) is 0 Å². The lowest BCUT2D eigenvalue weighted by atomic mass is 10.5. The zero-order valence-corrected chi connectivity index (χ0v) is 7.79. The van der Waals surface area contributed by atoms with Gasteiger partial charge in [0.1, 0.15) is 12.4 Å². The van der Waals surface area contributed by atoms with Gasteiger partial charge in [0, 0.05) is 0 Å². The molecule has 5 heteroatoms. The van der Waals surface area contributed by atoms with Crippen LogP contribution < -0.4 is 0 Å². The van der Waals surface area contributed by atoms with E-state index >= 15 is 0 Å². The standard InChI is InChI=1S/C9H11FO4/c1-3-13-8(11)9(12)14-6-4-5-7(2)10/h4-5H,2-3,6H2,1H3/b5-4+. The van der Waals surface area contributed by atoms with Crippen molar-refractivity contribution in [3.63, 3.8) is 0 Å². The minimum absolute atomic E-state index is 0.102. The molecule has 0 saturated heterocycles. The van der Waals surface area contributed by atoms with Crippen LogP contribution >= 0.6 is 0 Å². The van der Waals surface area contributed by atoms with Gasteiger partial charge in [0.2, 0.25) is 0 Å². The summed E-state index contributed by atoms with van der Waals surface area (Å²) in [6.45, 7) is 4.43. The van der Waals surface area contributed by atoms with Crippen molar-refractivity contribution in [2.45, 2.75) is 6.92 Å². The van der Waals surface area contributed by atoms with Gasteiger partial charge in [0.25, 0.3) is 0 Å². The maximum atomic E-state index is 12.0. The Kier molecular flexibility index (Phi) is 6.02. The molecule has 0 aliphatic rings. The summed E-state index contributed by atoms with van der Waals surface area (Å²) >= 11 is 0. The maximum absolute atomic E-state index is 12.0. The second kappa shape index (κ2) is 6.82. The zero-order chi connectivity index (χ0) is 11.0. The second-order valence-electron chi connectivity index (χ2n) is 2.17. The molecule has 0 spiro atoms. The van der Waals surface area contributed by atoms with E-state index in [1.807, 2.05) is 0 Å². The minimum atomic E-state index is -1.10. The third kappa shape index (κ3) is 5.93. The van der Waals surface area contributed by atoms with Gasteiger partial charge in [0.05, 0.1) is 6.61 Å². The summed E-state index contributed by atoms with van der Waals surface area (Å²) in [5.41, 5.74) is 0. The van der Waals surface area contributed by atoms with Crippen LogP contribution in [0.25, 0.3) is 0 Å². The number of hydrogen-bond donors (Lipinski definition) is 0. The first-order valence-corrected chi connectivity index (χ1v) is 3.92. The SMILES string of the molecule is C=C(F)/C=C/COC(=O)C(=O)OCC. The molecule has 78 valence electrons. The Morgan fingerprint density at radius 3 is 2.43 bits per heavy atom. The van der Waals surface area contributed by atoms with E-state index < -0.39 is 17.8 Å². The van der Waals surface area contributed by atoms with E-state index in [-0.39, 0.29) is 13.2 Å². The number of rotatable bonds is 4. The number of ether oxygens (including phenoxy) is 2. The topological polar surface area (TPSA) is 52.6 Å². The van der Waals surface area contributed by atoms with E-state index in [0.29, 0.717) is 0 Å². The van der Waals surface area contributed by atoms with Gasteiger partial charge in [-0.15, -0.1) is 0 Å². The number of esters is 2. The molecule has 0 radical (unpaired) electrons. The van der Waals surface area contributed by atoms with Crippen LogP contribution in [0.15, 0.2) is 24.6 Å². The summed E-state index contributed by atoms with van der Waals surface area (Å²) < 4.78 is 20.7. The van der Waals surface area contributed by atoms with Gasteiger partial charge in [-0.25, -0.2) is 14.0 Å². The summed E-state index contributed by atoms with van der Waals surface area (Å²) in [7, 11) is 0. The Morgan fingerprint density at radius 2 is 1.93 bits per heavy atom. The van der Waals surface area contributed by atoms with Crippen LogP contribution in [-0.2, 0) is 19.1 Å². The van der Waals surface area contributed by atoms with Crippen LogP contribution in [0.3, 0.4) is 0 Å². The third-order valence-corrected chi connectivity index (χ3v) is 1.05. The fourth-order valence-corrected chi connectivity index (χ4v) is 0.549. The van der Waals surface area contributed by atoms with Crippen molar-refractivity contribution in [2.24, 2.45) is 0 Å². The van der Waals surface area contributed by atoms with Crippen LogP contribution in [0, 0.1) is 0 Å². The Morgan fingerprint density at radius 1 is 1.36 bits per heavy atom. The van der Waals surface area contributed by atoms with Crippen molar-refractivity contribution < 1.29 is 23.5 Å². The number of hydrogen-bond acceptors (Lipinski definition) is 4. The average molecular weight is 202 g/mol. The fourth-order valence-electron chi connectivity index (χ4n) is 0.549. The van der Waals surface area contributed by atoms with E-state index in [9.17, 15) is 14.0 Å². The van der Waals surface area contributed by atoms with Crippen LogP contribution in [-0.4, -0.2) is 25.2 Å². The van der Waals surface area contributed by atoms with Crippen molar-refractivity contribution >= 4 is 11.9 Å². The molecule has 0 rings (SSSR count). The van der Waals surface area contributed by atoms with E-state index in [0.717, 1.165) is 6.08 Å². The molecule has 0 bridgehead atoms. The number of halogens is 1. The smallest absolute Gasteiger partial charge is 0.417 e. The molecular formula is C9H11FO4. The molecule has 0 aromatic carbocycles. The van der Waals surface area contributed by atoms with Crippen LogP contribution in [0.4, 0.5) is 4.39 Å². The fraction of sp³-hybridized carbons (Fsp3) is 0.333. The first-order chi connectivity index (χ1) is 6.57. The number of allylic oxidation sites excluding steroid dienone is 2. The van der Waals surface area contributed by atoms with E-state index in [1.165, 1.54) is 6.08 Å². The van der Waals surface area contributed by atoms with Gasteiger partial charge in [0.15, 0.2) is 0 Å². The third-order valence-electron chi connectivity index (χ3n) is 1.05. The molecule has 0 aliphatic heterocycles. The first kappa shape index (κ1) is 12.3. The van der Waals surface area contributed by atoms with Crippen molar-refractivity contribution in [2.75, 3.05) is 13.2 Å². The van der Waals surface area contributed by atoms with Gasteiger partial charge < -0.3 is 9.47 Å². The van der Waals surface area contributed by atoms with Gasteiger partial charge in [-0.05, 0) is 19.1 Å². The summed E-state index contributed by atoms with van der Waals surface area (Å²) in [5, 5.41) is 0. The normalized spacial score (nSPS) is 9.86. The Labute approximate surface area is 81.0 Å². The van der Waals surface area contributed by atoms with E-state index in [1.54, 1.807) is 6.92 Å². The van der Waals surface area contributed by atoms with Gasteiger partial charge in [-0.2, -0.15) is 0 Å². The minimum Gasteiger partial charge on any atom is -0.458 e. The Bertz CT molecular complexity index is 258. The highest BCUT2D eigenvalue weighted by atomic mass is 19.1.